The highest BCUT2D eigenvalue weighted by Crippen LogP contribution is 2.14. The molecule has 0 aromatic heterocycles. The van der Waals surface area contributed by atoms with Gasteiger partial charge >= 0.3 is 0 Å². The Balaban J connectivity index is 2.21. The fourth-order valence-electron chi connectivity index (χ4n) is 2.26. The third-order valence-electron chi connectivity index (χ3n) is 3.58. The summed E-state index contributed by atoms with van der Waals surface area (Å²) in [7, 11) is 0. The van der Waals surface area contributed by atoms with Gasteiger partial charge in [-0.15, -0.1) is 0 Å². The SMILES string of the molecule is CCCCCNC(=O)C(C)NC1CCOCC1C. The average molecular weight is 256 g/mol. The molecule has 1 rings (SSSR count). The highest BCUT2D eigenvalue weighted by atomic mass is 16.5. The molecule has 1 aliphatic rings. The maximum Gasteiger partial charge on any atom is 0.236 e. The van der Waals surface area contributed by atoms with Gasteiger partial charge in [-0.1, -0.05) is 26.7 Å². The number of nitrogens with one attached hydrogen (secondary N) is 2. The summed E-state index contributed by atoms with van der Waals surface area (Å²) < 4.78 is 5.41. The molecule has 3 unspecified atom stereocenters. The highest BCUT2D eigenvalue weighted by molar-refractivity contribution is 5.81. The molecule has 1 fully saturated rings. The number of ether oxygens (including phenoxy) is 1. The molecule has 2 N–H and O–H groups in total. The van der Waals surface area contributed by atoms with Gasteiger partial charge in [-0.05, 0) is 25.7 Å². The first kappa shape index (κ1) is 15.4. The minimum absolute atomic E-state index is 0.114. The molecule has 1 amide bonds. The summed E-state index contributed by atoms with van der Waals surface area (Å²) in [6.45, 7) is 8.66. The Morgan fingerprint density at radius 2 is 2.22 bits per heavy atom. The van der Waals surface area contributed by atoms with Gasteiger partial charge < -0.3 is 15.4 Å². The second-order valence-corrected chi connectivity index (χ2v) is 5.33. The van der Waals surface area contributed by atoms with Crippen molar-refractivity contribution >= 4 is 5.91 Å². The molecule has 0 bridgehead atoms. The van der Waals surface area contributed by atoms with Gasteiger partial charge in [0.2, 0.25) is 5.91 Å². The predicted octanol–water partition coefficient (Wildman–Crippen LogP) is 1.70. The second-order valence-electron chi connectivity index (χ2n) is 5.33. The Morgan fingerprint density at radius 3 is 2.89 bits per heavy atom. The molecule has 4 heteroatoms. The average Bonchev–Trinajstić information content (AvgIpc) is 2.37. The normalized spacial score (nSPS) is 25.7. The number of unbranched alkanes of at least 4 members (excludes halogenated alkanes) is 2. The van der Waals surface area contributed by atoms with Crippen molar-refractivity contribution in [3.05, 3.63) is 0 Å². The van der Waals surface area contributed by atoms with E-state index in [0.29, 0.717) is 12.0 Å². The highest BCUT2D eigenvalue weighted by Gasteiger charge is 2.25. The summed E-state index contributed by atoms with van der Waals surface area (Å²) in [6, 6.07) is 0.285. The monoisotopic (exact) mass is 256 g/mol. The van der Waals surface area contributed by atoms with Crippen molar-refractivity contribution in [2.75, 3.05) is 19.8 Å². The van der Waals surface area contributed by atoms with E-state index in [2.05, 4.69) is 24.5 Å². The number of carbonyl (C=O) groups is 1. The summed E-state index contributed by atoms with van der Waals surface area (Å²) in [5.41, 5.74) is 0. The Hall–Kier alpha value is -0.610. The number of hydrogen-bond acceptors (Lipinski definition) is 3. The van der Waals surface area contributed by atoms with Crippen LogP contribution in [-0.4, -0.2) is 37.7 Å². The summed E-state index contributed by atoms with van der Waals surface area (Å²) in [5, 5.41) is 6.41. The lowest BCUT2D eigenvalue weighted by Crippen LogP contribution is -2.51. The standard InChI is InChI=1S/C14H28N2O2/c1-4-5-6-8-15-14(17)12(3)16-13-7-9-18-10-11(13)2/h11-13,16H,4-10H2,1-3H3,(H,15,17). The molecule has 0 saturated carbocycles. The van der Waals surface area contributed by atoms with Crippen molar-refractivity contribution in [2.24, 2.45) is 5.92 Å². The molecule has 4 nitrogen and oxygen atoms in total. The number of hydrogen-bond donors (Lipinski definition) is 2. The molecule has 0 aliphatic carbocycles. The number of carbonyl (C=O) groups excluding carboxylic acids is 1. The summed E-state index contributed by atoms with van der Waals surface area (Å²) >= 11 is 0. The van der Waals surface area contributed by atoms with E-state index < -0.39 is 0 Å². The quantitative estimate of drug-likeness (QED) is 0.682. The zero-order valence-electron chi connectivity index (χ0n) is 12.0. The maximum atomic E-state index is 11.9. The van der Waals surface area contributed by atoms with Crippen molar-refractivity contribution in [3.8, 4) is 0 Å². The summed E-state index contributed by atoms with van der Waals surface area (Å²) in [5.74, 6) is 0.596. The molecule has 0 aromatic carbocycles. The molecule has 3 atom stereocenters. The van der Waals surface area contributed by atoms with Gasteiger partial charge in [0.1, 0.15) is 0 Å². The van der Waals surface area contributed by atoms with E-state index in [4.69, 9.17) is 4.74 Å². The van der Waals surface area contributed by atoms with Gasteiger partial charge in [-0.2, -0.15) is 0 Å². The van der Waals surface area contributed by atoms with Gasteiger partial charge in [0.05, 0.1) is 12.6 Å². The Labute approximate surface area is 111 Å². The van der Waals surface area contributed by atoms with Crippen molar-refractivity contribution in [1.82, 2.24) is 10.6 Å². The molecule has 0 radical (unpaired) electrons. The molecule has 0 spiro atoms. The van der Waals surface area contributed by atoms with Gasteiger partial charge in [-0.3, -0.25) is 4.79 Å². The fourth-order valence-corrected chi connectivity index (χ4v) is 2.26. The topological polar surface area (TPSA) is 50.4 Å². The van der Waals surface area contributed by atoms with Crippen LogP contribution in [0.4, 0.5) is 0 Å². The molecule has 1 heterocycles. The molecular weight excluding hydrogens is 228 g/mol. The van der Waals surface area contributed by atoms with Gasteiger partial charge in [0.15, 0.2) is 0 Å². The van der Waals surface area contributed by atoms with Crippen LogP contribution < -0.4 is 10.6 Å². The first-order chi connectivity index (χ1) is 8.65. The third-order valence-corrected chi connectivity index (χ3v) is 3.58. The molecule has 1 aliphatic heterocycles. The van der Waals surface area contributed by atoms with E-state index in [1.807, 2.05) is 6.92 Å². The van der Waals surface area contributed by atoms with Crippen LogP contribution >= 0.6 is 0 Å². The maximum absolute atomic E-state index is 11.9. The number of rotatable bonds is 7. The Kier molecular flexibility index (Phi) is 7.28. The van der Waals surface area contributed by atoms with Crippen LogP contribution in [0.25, 0.3) is 0 Å². The van der Waals surface area contributed by atoms with Crippen molar-refractivity contribution < 1.29 is 9.53 Å². The second kappa shape index (κ2) is 8.48. The lowest BCUT2D eigenvalue weighted by Gasteiger charge is -2.31. The van der Waals surface area contributed by atoms with E-state index in [-0.39, 0.29) is 11.9 Å². The first-order valence-electron chi connectivity index (χ1n) is 7.26. The third kappa shape index (κ3) is 5.36. The zero-order chi connectivity index (χ0) is 13.4. The minimum Gasteiger partial charge on any atom is -0.381 e. The van der Waals surface area contributed by atoms with Crippen LogP contribution in [0.2, 0.25) is 0 Å². The fraction of sp³-hybridized carbons (Fsp3) is 0.929. The van der Waals surface area contributed by atoms with Crippen molar-refractivity contribution in [3.63, 3.8) is 0 Å². The molecule has 106 valence electrons. The van der Waals surface area contributed by atoms with Gasteiger partial charge in [-0.25, -0.2) is 0 Å². The largest absolute Gasteiger partial charge is 0.381 e. The van der Waals surface area contributed by atoms with Crippen LogP contribution in [0, 0.1) is 5.92 Å². The minimum atomic E-state index is -0.114. The van der Waals surface area contributed by atoms with E-state index in [1.165, 1.54) is 12.8 Å². The molecule has 0 aromatic rings. The van der Waals surface area contributed by atoms with Crippen LogP contribution in [-0.2, 0) is 9.53 Å². The lowest BCUT2D eigenvalue weighted by atomic mass is 9.97. The molecule has 1 saturated heterocycles. The van der Waals surface area contributed by atoms with Crippen LogP contribution in [0.15, 0.2) is 0 Å². The predicted molar refractivity (Wildman–Crippen MR) is 73.5 cm³/mol. The van der Waals surface area contributed by atoms with Gasteiger partial charge in [0, 0.05) is 19.2 Å². The van der Waals surface area contributed by atoms with Crippen LogP contribution in [0.1, 0.15) is 46.5 Å². The summed E-state index contributed by atoms with van der Waals surface area (Å²) in [6.07, 6.45) is 4.43. The zero-order valence-corrected chi connectivity index (χ0v) is 12.0. The Morgan fingerprint density at radius 1 is 1.44 bits per heavy atom. The van der Waals surface area contributed by atoms with E-state index in [0.717, 1.165) is 32.6 Å². The number of amides is 1. The van der Waals surface area contributed by atoms with Crippen LogP contribution in [0.3, 0.4) is 0 Å². The van der Waals surface area contributed by atoms with Crippen molar-refractivity contribution in [1.29, 1.82) is 0 Å². The molecule has 18 heavy (non-hydrogen) atoms. The Bertz CT molecular complexity index is 246. The summed E-state index contributed by atoms with van der Waals surface area (Å²) in [4.78, 5) is 11.9. The first-order valence-corrected chi connectivity index (χ1v) is 7.26. The van der Waals surface area contributed by atoms with Gasteiger partial charge in [0.25, 0.3) is 0 Å². The van der Waals surface area contributed by atoms with E-state index in [1.54, 1.807) is 0 Å². The lowest BCUT2D eigenvalue weighted by molar-refractivity contribution is -0.123. The smallest absolute Gasteiger partial charge is 0.236 e. The molecular formula is C14H28N2O2. The van der Waals surface area contributed by atoms with E-state index in [9.17, 15) is 4.79 Å². The van der Waals surface area contributed by atoms with E-state index >= 15 is 0 Å². The van der Waals surface area contributed by atoms with Crippen LogP contribution in [0.5, 0.6) is 0 Å². The van der Waals surface area contributed by atoms with Crippen molar-refractivity contribution in [2.45, 2.75) is 58.5 Å².